The molecule has 0 unspecified atom stereocenters. The molecule has 0 aromatic carbocycles. The van der Waals surface area contributed by atoms with Crippen molar-refractivity contribution in [1.82, 2.24) is 4.98 Å². The summed E-state index contributed by atoms with van der Waals surface area (Å²) in [5, 5.41) is 30.2. The number of anilines is 1. The molecule has 0 spiro atoms. The van der Waals surface area contributed by atoms with E-state index in [0.717, 1.165) is 0 Å². The number of nitrogens with zero attached hydrogens (tertiary/aromatic N) is 1. The van der Waals surface area contributed by atoms with Gasteiger partial charge in [-0.1, -0.05) is 0 Å². The Morgan fingerprint density at radius 1 is 1.32 bits per heavy atom. The normalized spacial score (nSPS) is 11.2. The lowest BCUT2D eigenvalue weighted by molar-refractivity contribution is 0.0525. The van der Waals surface area contributed by atoms with Crippen molar-refractivity contribution >= 4 is 11.8 Å². The fourth-order valence-electron chi connectivity index (χ4n) is 1.34. The molecule has 1 heterocycles. The number of aromatic nitrogens is 1. The lowest BCUT2D eigenvalue weighted by Crippen LogP contribution is -2.49. The maximum absolute atomic E-state index is 11.4. The molecule has 4 N–H and O–H groups in total. The first kappa shape index (κ1) is 15.4. The average molecular weight is 270 g/mol. The topological polar surface area (TPSA) is 112 Å². The van der Waals surface area contributed by atoms with E-state index < -0.39 is 31.3 Å². The van der Waals surface area contributed by atoms with E-state index in [1.54, 1.807) is 6.92 Å². The number of carbonyl (C=O) groups excluding carboxylic acids is 1. The van der Waals surface area contributed by atoms with Crippen molar-refractivity contribution in [3.05, 3.63) is 23.9 Å². The lowest BCUT2D eigenvalue weighted by atomic mass is 10.0. The second kappa shape index (κ2) is 7.03. The number of hydrogen-bond acceptors (Lipinski definition) is 7. The van der Waals surface area contributed by atoms with Gasteiger partial charge < -0.3 is 25.4 Å². The Kier molecular flexibility index (Phi) is 5.68. The number of ether oxygens (including phenoxy) is 1. The van der Waals surface area contributed by atoms with Crippen LogP contribution in [-0.4, -0.2) is 58.2 Å². The number of nitrogens with one attached hydrogen (secondary N) is 1. The molecule has 0 saturated carbocycles. The van der Waals surface area contributed by atoms with E-state index in [-0.39, 0.29) is 6.61 Å². The van der Waals surface area contributed by atoms with Gasteiger partial charge in [0.25, 0.3) is 0 Å². The van der Waals surface area contributed by atoms with Crippen molar-refractivity contribution in [1.29, 1.82) is 0 Å². The van der Waals surface area contributed by atoms with E-state index in [1.807, 2.05) is 0 Å². The average Bonchev–Trinajstić information content (AvgIpc) is 2.46. The summed E-state index contributed by atoms with van der Waals surface area (Å²) >= 11 is 0. The molecule has 0 saturated heterocycles. The Hall–Kier alpha value is -1.70. The molecule has 1 aromatic heterocycles. The van der Waals surface area contributed by atoms with Crippen LogP contribution in [0.5, 0.6) is 0 Å². The highest BCUT2D eigenvalue weighted by molar-refractivity contribution is 5.89. The highest BCUT2D eigenvalue weighted by atomic mass is 16.5. The van der Waals surface area contributed by atoms with Crippen LogP contribution in [0.1, 0.15) is 17.3 Å². The van der Waals surface area contributed by atoms with Gasteiger partial charge in [-0.2, -0.15) is 0 Å². The van der Waals surface area contributed by atoms with Gasteiger partial charge in [0.2, 0.25) is 0 Å². The van der Waals surface area contributed by atoms with Crippen molar-refractivity contribution in [3.8, 4) is 0 Å². The summed E-state index contributed by atoms with van der Waals surface area (Å²) in [5.41, 5.74) is -0.951. The van der Waals surface area contributed by atoms with E-state index in [2.05, 4.69) is 10.3 Å². The summed E-state index contributed by atoms with van der Waals surface area (Å²) < 4.78 is 4.81. The smallest absolute Gasteiger partial charge is 0.339 e. The Labute approximate surface area is 110 Å². The Morgan fingerprint density at radius 2 is 1.95 bits per heavy atom. The highest BCUT2D eigenvalue weighted by Crippen LogP contribution is 2.13. The summed E-state index contributed by atoms with van der Waals surface area (Å²) in [7, 11) is 0. The third-order valence-corrected chi connectivity index (χ3v) is 2.58. The zero-order valence-electron chi connectivity index (χ0n) is 10.7. The Morgan fingerprint density at radius 3 is 2.37 bits per heavy atom. The van der Waals surface area contributed by atoms with Gasteiger partial charge in [0.15, 0.2) is 0 Å². The molecule has 19 heavy (non-hydrogen) atoms. The number of esters is 1. The molecule has 7 nitrogen and oxygen atoms in total. The third-order valence-electron chi connectivity index (χ3n) is 2.58. The maximum atomic E-state index is 11.4. The largest absolute Gasteiger partial charge is 0.462 e. The zero-order valence-corrected chi connectivity index (χ0v) is 10.7. The van der Waals surface area contributed by atoms with Gasteiger partial charge in [0.1, 0.15) is 11.4 Å². The van der Waals surface area contributed by atoms with E-state index in [4.69, 9.17) is 20.1 Å². The van der Waals surface area contributed by atoms with Gasteiger partial charge in [-0.25, -0.2) is 9.78 Å². The fourth-order valence-corrected chi connectivity index (χ4v) is 1.34. The first-order valence-corrected chi connectivity index (χ1v) is 5.84. The highest BCUT2D eigenvalue weighted by Gasteiger charge is 2.28. The molecule has 0 fully saturated rings. The molecular weight excluding hydrogens is 252 g/mol. The minimum Gasteiger partial charge on any atom is -0.462 e. The minimum atomic E-state index is -1.25. The number of aliphatic hydroxyl groups excluding tert-OH is 3. The van der Waals surface area contributed by atoms with Crippen LogP contribution >= 0.6 is 0 Å². The van der Waals surface area contributed by atoms with Gasteiger partial charge >= 0.3 is 5.97 Å². The summed E-state index contributed by atoms with van der Waals surface area (Å²) in [6.45, 7) is 0.616. The van der Waals surface area contributed by atoms with Crippen LogP contribution in [0.4, 0.5) is 5.82 Å². The van der Waals surface area contributed by atoms with Crippen LogP contribution in [0.15, 0.2) is 18.3 Å². The second-order valence-corrected chi connectivity index (χ2v) is 4.03. The quantitative estimate of drug-likeness (QED) is 0.489. The van der Waals surface area contributed by atoms with Crippen LogP contribution in [0.3, 0.4) is 0 Å². The van der Waals surface area contributed by atoms with Crippen molar-refractivity contribution in [2.45, 2.75) is 12.5 Å². The van der Waals surface area contributed by atoms with E-state index in [0.29, 0.717) is 11.4 Å². The van der Waals surface area contributed by atoms with Crippen LogP contribution in [0.25, 0.3) is 0 Å². The molecule has 0 amide bonds. The van der Waals surface area contributed by atoms with Crippen LogP contribution in [-0.2, 0) is 4.74 Å². The van der Waals surface area contributed by atoms with Gasteiger partial charge in [-0.05, 0) is 19.1 Å². The van der Waals surface area contributed by atoms with Crippen LogP contribution in [0, 0.1) is 0 Å². The standard InChI is InChI=1S/C12H18N2O5/c1-2-19-11(18)9-3-4-10(13-5-9)14-12(6-15,7-16)8-17/h3-5,15-17H,2,6-8H2,1H3,(H,13,14). The molecule has 0 atom stereocenters. The van der Waals surface area contributed by atoms with Crippen molar-refractivity contribution in [3.63, 3.8) is 0 Å². The molecule has 0 radical (unpaired) electrons. The van der Waals surface area contributed by atoms with E-state index in [9.17, 15) is 4.79 Å². The molecule has 0 aliphatic carbocycles. The summed E-state index contributed by atoms with van der Waals surface area (Å²) in [5.74, 6) is -0.149. The van der Waals surface area contributed by atoms with Crippen molar-refractivity contribution in [2.24, 2.45) is 0 Å². The SMILES string of the molecule is CCOC(=O)c1ccc(NC(CO)(CO)CO)nc1. The fraction of sp³-hybridized carbons (Fsp3) is 0.500. The summed E-state index contributed by atoms with van der Waals surface area (Å²) in [6.07, 6.45) is 1.32. The Bertz CT molecular complexity index is 395. The molecule has 0 bridgehead atoms. The molecular formula is C12H18N2O5. The van der Waals surface area contributed by atoms with Gasteiger partial charge in [0, 0.05) is 6.20 Å². The molecule has 1 aromatic rings. The third kappa shape index (κ3) is 3.88. The molecule has 106 valence electrons. The molecule has 7 heteroatoms. The molecule has 1 rings (SSSR count). The maximum Gasteiger partial charge on any atom is 0.339 e. The molecule has 0 aliphatic heterocycles. The van der Waals surface area contributed by atoms with Gasteiger partial charge in [-0.3, -0.25) is 0 Å². The predicted molar refractivity (Wildman–Crippen MR) is 67.8 cm³/mol. The van der Waals surface area contributed by atoms with Gasteiger partial charge in [0.05, 0.1) is 32.0 Å². The number of carbonyl (C=O) groups is 1. The zero-order chi connectivity index (χ0) is 14.3. The van der Waals surface area contributed by atoms with E-state index >= 15 is 0 Å². The lowest BCUT2D eigenvalue weighted by Gasteiger charge is -2.29. The predicted octanol–water partition coefficient (Wildman–Crippen LogP) is -0.614. The monoisotopic (exact) mass is 270 g/mol. The van der Waals surface area contributed by atoms with E-state index in [1.165, 1.54) is 18.3 Å². The minimum absolute atomic E-state index is 0.279. The Balaban J connectivity index is 2.79. The van der Waals surface area contributed by atoms with Crippen LogP contribution in [0.2, 0.25) is 0 Å². The number of pyridine rings is 1. The first-order chi connectivity index (χ1) is 9.10. The number of hydrogen-bond donors (Lipinski definition) is 4. The number of rotatable bonds is 7. The first-order valence-electron chi connectivity index (χ1n) is 5.84. The number of aliphatic hydroxyl groups is 3. The van der Waals surface area contributed by atoms with Crippen LogP contribution < -0.4 is 5.32 Å². The van der Waals surface area contributed by atoms with Crippen molar-refractivity contribution < 1.29 is 24.9 Å². The second-order valence-electron chi connectivity index (χ2n) is 4.03. The summed E-state index contributed by atoms with van der Waals surface area (Å²) in [4.78, 5) is 15.4. The molecule has 0 aliphatic rings. The van der Waals surface area contributed by atoms with Crippen molar-refractivity contribution in [2.75, 3.05) is 31.7 Å². The summed E-state index contributed by atoms with van der Waals surface area (Å²) in [6, 6.07) is 3.01. The van der Waals surface area contributed by atoms with Gasteiger partial charge in [-0.15, -0.1) is 0 Å².